The molecule has 5 heteroatoms. The minimum atomic E-state index is -0.995. The quantitative estimate of drug-likeness (QED) is 0.767. The van der Waals surface area contributed by atoms with E-state index in [0.29, 0.717) is 12.1 Å². The highest BCUT2D eigenvalue weighted by atomic mass is 35.5. The van der Waals surface area contributed by atoms with Gasteiger partial charge in [0.25, 0.3) is 0 Å². The van der Waals surface area contributed by atoms with Gasteiger partial charge in [-0.2, -0.15) is 0 Å². The molecule has 1 atom stereocenters. The topological polar surface area (TPSA) is 26.0 Å². The van der Waals surface area contributed by atoms with Crippen LogP contribution < -0.4 is 5.73 Å². The molecular formula is C9H9ClF3N. The van der Waals surface area contributed by atoms with Crippen LogP contribution >= 0.6 is 12.4 Å². The van der Waals surface area contributed by atoms with Crippen molar-refractivity contribution in [3.8, 4) is 0 Å². The standard InChI is InChI=1S/C9H8F3N.ClH/c1-2-8(13)9-6(11)3-5(10)4-7(9)12;/h2-4,8H,1,13H2;1H/t8-;/m1./s1. The zero-order valence-corrected chi connectivity index (χ0v) is 7.95. The van der Waals surface area contributed by atoms with E-state index in [1.165, 1.54) is 6.08 Å². The fourth-order valence-corrected chi connectivity index (χ4v) is 0.990. The van der Waals surface area contributed by atoms with Crippen LogP contribution in [0.3, 0.4) is 0 Å². The Labute approximate surface area is 85.8 Å². The van der Waals surface area contributed by atoms with Crippen LogP contribution in [0.15, 0.2) is 24.8 Å². The fraction of sp³-hybridized carbons (Fsp3) is 0.111. The van der Waals surface area contributed by atoms with Gasteiger partial charge < -0.3 is 5.73 Å². The number of hydrogen-bond donors (Lipinski definition) is 1. The van der Waals surface area contributed by atoms with Gasteiger partial charge in [0.05, 0.1) is 6.04 Å². The summed E-state index contributed by atoms with van der Waals surface area (Å²) in [6.07, 6.45) is 1.18. The number of halogens is 4. The van der Waals surface area contributed by atoms with Gasteiger partial charge in [-0.3, -0.25) is 0 Å². The summed E-state index contributed by atoms with van der Waals surface area (Å²) >= 11 is 0. The van der Waals surface area contributed by atoms with E-state index in [-0.39, 0.29) is 18.0 Å². The Kier molecular flexibility index (Phi) is 4.67. The fourth-order valence-electron chi connectivity index (χ4n) is 0.990. The first-order valence-electron chi connectivity index (χ1n) is 3.59. The van der Waals surface area contributed by atoms with Gasteiger partial charge >= 0.3 is 0 Å². The Balaban J connectivity index is 0.00000169. The van der Waals surface area contributed by atoms with E-state index in [1.54, 1.807) is 0 Å². The summed E-state index contributed by atoms with van der Waals surface area (Å²) in [5.74, 6) is -2.95. The van der Waals surface area contributed by atoms with Gasteiger partial charge in [0, 0.05) is 17.7 Å². The molecule has 0 radical (unpaired) electrons. The molecule has 0 bridgehead atoms. The van der Waals surface area contributed by atoms with Crippen LogP contribution in [0.5, 0.6) is 0 Å². The SMILES string of the molecule is C=C[C@@H](N)c1c(F)cc(F)cc1F.Cl. The third-order valence-corrected chi connectivity index (χ3v) is 1.63. The summed E-state index contributed by atoms with van der Waals surface area (Å²) in [4.78, 5) is 0. The van der Waals surface area contributed by atoms with Crippen LogP contribution in [0.4, 0.5) is 13.2 Å². The number of hydrogen-bond acceptors (Lipinski definition) is 1. The Bertz CT molecular complexity index is 318. The average Bonchev–Trinajstić information content (AvgIpc) is 2.02. The summed E-state index contributed by atoms with van der Waals surface area (Å²) in [6.45, 7) is 3.29. The highest BCUT2D eigenvalue weighted by Crippen LogP contribution is 2.20. The van der Waals surface area contributed by atoms with E-state index in [2.05, 4.69) is 6.58 Å². The Morgan fingerprint density at radius 2 is 1.64 bits per heavy atom. The molecule has 1 aromatic rings. The lowest BCUT2D eigenvalue weighted by Gasteiger charge is -2.08. The monoisotopic (exact) mass is 223 g/mol. The third-order valence-electron chi connectivity index (χ3n) is 1.63. The lowest BCUT2D eigenvalue weighted by atomic mass is 10.1. The van der Waals surface area contributed by atoms with Crippen molar-refractivity contribution in [2.75, 3.05) is 0 Å². The molecule has 0 unspecified atom stereocenters. The Morgan fingerprint density at radius 3 is 2.00 bits per heavy atom. The maximum absolute atomic E-state index is 12.9. The average molecular weight is 224 g/mol. The molecule has 1 rings (SSSR count). The molecule has 0 heterocycles. The van der Waals surface area contributed by atoms with Crippen molar-refractivity contribution in [1.29, 1.82) is 0 Å². The Morgan fingerprint density at radius 1 is 1.21 bits per heavy atom. The summed E-state index contributed by atoms with van der Waals surface area (Å²) < 4.78 is 38.3. The number of nitrogens with two attached hydrogens (primary N) is 1. The summed E-state index contributed by atoms with van der Waals surface area (Å²) in [5, 5.41) is 0. The molecule has 0 amide bonds. The third kappa shape index (κ3) is 2.49. The largest absolute Gasteiger partial charge is 0.321 e. The summed E-state index contributed by atoms with van der Waals surface area (Å²) in [6, 6.07) is 0.212. The maximum Gasteiger partial charge on any atom is 0.134 e. The second-order valence-electron chi connectivity index (χ2n) is 2.54. The zero-order valence-electron chi connectivity index (χ0n) is 7.14. The van der Waals surface area contributed by atoms with Crippen LogP contribution in [0.1, 0.15) is 11.6 Å². The minimum absolute atomic E-state index is 0. The second-order valence-corrected chi connectivity index (χ2v) is 2.54. The molecule has 0 spiro atoms. The smallest absolute Gasteiger partial charge is 0.134 e. The van der Waals surface area contributed by atoms with Crippen molar-refractivity contribution in [2.45, 2.75) is 6.04 Å². The molecule has 0 saturated heterocycles. The highest BCUT2D eigenvalue weighted by Gasteiger charge is 2.15. The van der Waals surface area contributed by atoms with E-state index in [4.69, 9.17) is 5.73 Å². The molecule has 0 aliphatic carbocycles. The van der Waals surface area contributed by atoms with Crippen LogP contribution in [0.25, 0.3) is 0 Å². The van der Waals surface area contributed by atoms with E-state index < -0.39 is 23.5 Å². The first-order chi connectivity index (χ1) is 6.06. The van der Waals surface area contributed by atoms with Gasteiger partial charge in [-0.1, -0.05) is 6.08 Å². The molecule has 14 heavy (non-hydrogen) atoms. The van der Waals surface area contributed by atoms with Crippen LogP contribution in [0, 0.1) is 17.5 Å². The van der Waals surface area contributed by atoms with Crippen molar-refractivity contribution in [3.63, 3.8) is 0 Å². The van der Waals surface area contributed by atoms with Crippen molar-refractivity contribution in [3.05, 3.63) is 47.8 Å². The molecule has 0 saturated carbocycles. The van der Waals surface area contributed by atoms with Gasteiger partial charge in [-0.15, -0.1) is 19.0 Å². The van der Waals surface area contributed by atoms with Gasteiger partial charge in [0.1, 0.15) is 17.5 Å². The molecule has 1 aromatic carbocycles. The van der Waals surface area contributed by atoms with Crippen molar-refractivity contribution in [2.24, 2.45) is 5.73 Å². The highest BCUT2D eigenvalue weighted by molar-refractivity contribution is 5.85. The lowest BCUT2D eigenvalue weighted by Crippen LogP contribution is -2.11. The van der Waals surface area contributed by atoms with Gasteiger partial charge in [-0.05, 0) is 0 Å². The molecule has 0 fully saturated rings. The first-order valence-corrected chi connectivity index (χ1v) is 3.59. The number of benzene rings is 1. The van der Waals surface area contributed by atoms with Gasteiger partial charge in [0.2, 0.25) is 0 Å². The van der Waals surface area contributed by atoms with Crippen molar-refractivity contribution in [1.82, 2.24) is 0 Å². The zero-order chi connectivity index (χ0) is 10.0. The van der Waals surface area contributed by atoms with Gasteiger partial charge in [0.15, 0.2) is 0 Å². The molecule has 2 N–H and O–H groups in total. The summed E-state index contributed by atoms with van der Waals surface area (Å²) in [7, 11) is 0. The van der Waals surface area contributed by atoms with Crippen LogP contribution in [-0.4, -0.2) is 0 Å². The lowest BCUT2D eigenvalue weighted by molar-refractivity contribution is 0.517. The van der Waals surface area contributed by atoms with E-state index >= 15 is 0 Å². The maximum atomic E-state index is 12.9. The van der Waals surface area contributed by atoms with E-state index in [0.717, 1.165) is 0 Å². The minimum Gasteiger partial charge on any atom is -0.321 e. The van der Waals surface area contributed by atoms with Gasteiger partial charge in [-0.25, -0.2) is 13.2 Å². The van der Waals surface area contributed by atoms with Crippen LogP contribution in [-0.2, 0) is 0 Å². The molecule has 1 nitrogen and oxygen atoms in total. The van der Waals surface area contributed by atoms with E-state index in [1.807, 2.05) is 0 Å². The first kappa shape index (κ1) is 13.0. The molecule has 0 aliphatic heterocycles. The Hall–Kier alpha value is -1.00. The molecular weight excluding hydrogens is 215 g/mol. The molecule has 78 valence electrons. The molecule has 0 aliphatic rings. The van der Waals surface area contributed by atoms with Crippen molar-refractivity contribution < 1.29 is 13.2 Å². The molecule has 0 aromatic heterocycles. The summed E-state index contributed by atoms with van der Waals surface area (Å²) in [5.41, 5.74) is 4.96. The second kappa shape index (κ2) is 5.02. The number of rotatable bonds is 2. The van der Waals surface area contributed by atoms with Crippen molar-refractivity contribution >= 4 is 12.4 Å². The van der Waals surface area contributed by atoms with Crippen LogP contribution in [0.2, 0.25) is 0 Å². The predicted molar refractivity (Wildman–Crippen MR) is 50.7 cm³/mol. The normalized spacial score (nSPS) is 11.7. The predicted octanol–water partition coefficient (Wildman–Crippen LogP) is 2.71. The van der Waals surface area contributed by atoms with E-state index in [9.17, 15) is 13.2 Å².